The molecular formula is C22H21F3N8O3. The topological polar surface area (TPSA) is 143 Å². The molecule has 2 aliphatic heterocycles. The Kier molecular flexibility index (Phi) is 5.53. The zero-order valence-electron chi connectivity index (χ0n) is 19.2. The van der Waals surface area contributed by atoms with Crippen LogP contribution in [0.5, 0.6) is 0 Å². The van der Waals surface area contributed by atoms with Crippen molar-refractivity contribution in [3.8, 4) is 11.3 Å². The van der Waals surface area contributed by atoms with Crippen LogP contribution in [0.15, 0.2) is 28.9 Å². The van der Waals surface area contributed by atoms with Crippen LogP contribution in [-0.2, 0) is 0 Å². The average molecular weight is 502 g/mol. The number of halogens is 3. The third-order valence-corrected chi connectivity index (χ3v) is 6.11. The molecule has 3 aromatic rings. The number of primary amides is 1. The first-order valence-electron chi connectivity index (χ1n) is 11.1. The zero-order chi connectivity index (χ0) is 25.8. The second-order valence-electron chi connectivity index (χ2n) is 8.57. The van der Waals surface area contributed by atoms with E-state index in [2.05, 4.69) is 19.9 Å². The number of hydrogen-bond donors (Lipinski definition) is 2. The molecule has 2 bridgehead atoms. The molecule has 3 aromatic heterocycles. The summed E-state index contributed by atoms with van der Waals surface area (Å²) in [5.74, 6) is -1.11. The van der Waals surface area contributed by atoms with Crippen LogP contribution in [0.1, 0.15) is 40.3 Å². The third-order valence-electron chi connectivity index (χ3n) is 6.11. The Morgan fingerprint density at radius 2 is 2.06 bits per heavy atom. The van der Waals surface area contributed by atoms with Gasteiger partial charge in [0.05, 0.1) is 12.2 Å². The maximum atomic E-state index is 13.0. The van der Waals surface area contributed by atoms with E-state index in [9.17, 15) is 22.8 Å². The van der Waals surface area contributed by atoms with Gasteiger partial charge in [-0.3, -0.25) is 9.59 Å². The van der Waals surface area contributed by atoms with Crippen LogP contribution >= 0.6 is 0 Å². The predicted molar refractivity (Wildman–Crippen MR) is 121 cm³/mol. The molecule has 14 heteroatoms. The lowest BCUT2D eigenvalue weighted by molar-refractivity contribution is -0.149. The van der Waals surface area contributed by atoms with E-state index in [4.69, 9.17) is 10.2 Å². The van der Waals surface area contributed by atoms with E-state index in [1.54, 1.807) is 36.4 Å². The number of nitrogens with two attached hydrogens (primary N) is 1. The van der Waals surface area contributed by atoms with Crippen molar-refractivity contribution in [3.63, 3.8) is 0 Å². The van der Waals surface area contributed by atoms with E-state index >= 15 is 0 Å². The number of aryl methyl sites for hydroxylation is 1. The number of oxazole rings is 1. The third kappa shape index (κ3) is 4.07. The van der Waals surface area contributed by atoms with Crippen LogP contribution in [0, 0.1) is 6.92 Å². The Morgan fingerprint density at radius 3 is 2.72 bits per heavy atom. The minimum atomic E-state index is -4.67. The van der Waals surface area contributed by atoms with Crippen molar-refractivity contribution in [1.82, 2.24) is 25.3 Å². The number of nitrogens with zero attached hydrogens (tertiary/aromatic N) is 6. The first kappa shape index (κ1) is 23.5. The second kappa shape index (κ2) is 8.46. The molecule has 36 heavy (non-hydrogen) atoms. The number of anilines is 3. The van der Waals surface area contributed by atoms with Gasteiger partial charge in [-0.1, -0.05) is 0 Å². The molecule has 3 N–H and O–H groups in total. The summed E-state index contributed by atoms with van der Waals surface area (Å²) in [4.78, 5) is 45.5. The largest absolute Gasteiger partial charge is 0.441 e. The highest BCUT2D eigenvalue weighted by atomic mass is 19.4. The summed E-state index contributed by atoms with van der Waals surface area (Å²) in [5, 5.41) is 1.83. The number of fused-ring (bicyclic) bond motifs is 4. The van der Waals surface area contributed by atoms with Crippen LogP contribution in [0.25, 0.3) is 11.3 Å². The van der Waals surface area contributed by atoms with E-state index in [0.717, 1.165) is 6.92 Å². The van der Waals surface area contributed by atoms with E-state index in [1.807, 2.05) is 10.2 Å². The lowest BCUT2D eigenvalue weighted by atomic mass is 10.1. The molecule has 5 heterocycles. The van der Waals surface area contributed by atoms with Crippen molar-refractivity contribution in [2.24, 2.45) is 5.73 Å². The Labute approximate surface area is 202 Å². The predicted octanol–water partition coefficient (Wildman–Crippen LogP) is 2.34. The van der Waals surface area contributed by atoms with Crippen molar-refractivity contribution in [2.75, 3.05) is 22.9 Å². The van der Waals surface area contributed by atoms with Crippen molar-refractivity contribution < 1.29 is 27.2 Å². The molecule has 0 saturated carbocycles. The van der Waals surface area contributed by atoms with Crippen molar-refractivity contribution in [1.29, 1.82) is 0 Å². The van der Waals surface area contributed by atoms with E-state index in [-0.39, 0.29) is 17.6 Å². The molecule has 0 spiro atoms. The number of aromatic nitrogens is 4. The summed E-state index contributed by atoms with van der Waals surface area (Å²) in [6.07, 6.45) is -0.850. The maximum absolute atomic E-state index is 13.0. The minimum absolute atomic E-state index is 0.127. The number of amides is 2. The number of alkyl halides is 3. The summed E-state index contributed by atoms with van der Waals surface area (Å²) in [6, 6.07) is 1.20. The molecule has 1 fully saturated rings. The molecule has 2 amide bonds. The Hall–Kier alpha value is -4.23. The number of nitrogens with one attached hydrogen (secondary N) is 1. The van der Waals surface area contributed by atoms with Gasteiger partial charge in [-0.15, -0.1) is 0 Å². The molecule has 188 valence electrons. The van der Waals surface area contributed by atoms with Crippen LogP contribution < -0.4 is 20.9 Å². The highest BCUT2D eigenvalue weighted by molar-refractivity contribution is 6.02. The Morgan fingerprint density at radius 1 is 1.28 bits per heavy atom. The number of pyridine rings is 1. The van der Waals surface area contributed by atoms with E-state index < -0.39 is 29.9 Å². The number of carbonyl (C=O) groups is 2. The Bertz CT molecular complexity index is 1360. The monoisotopic (exact) mass is 502 g/mol. The van der Waals surface area contributed by atoms with Crippen molar-refractivity contribution in [3.05, 3.63) is 41.9 Å². The fourth-order valence-corrected chi connectivity index (χ4v) is 4.34. The number of carbonyl (C=O) groups excluding carboxylic acids is 2. The first-order valence-corrected chi connectivity index (χ1v) is 11.1. The van der Waals surface area contributed by atoms with Gasteiger partial charge in [0.15, 0.2) is 23.2 Å². The molecule has 2 atom stereocenters. The van der Waals surface area contributed by atoms with Gasteiger partial charge in [0.1, 0.15) is 17.5 Å². The summed E-state index contributed by atoms with van der Waals surface area (Å²) < 4.78 is 44.7. The fraction of sp³-hybridized carbons (Fsp3) is 0.364. The quantitative estimate of drug-likeness (QED) is 0.537. The number of rotatable bonds is 5. The SMILES string of the molecule is Cc1ncc(-c2ccnc(N3c4nc(C(=O)N[C@H](C)C(F)(F)F)nc(C(N)=O)c4N4CC[C@H]3C4)c2)o1. The standard InChI is InChI=1S/C22H21F3N8O3/c1-10(22(23,24)25)29-21(35)19-30-16(18(26)34)17-20(31-19)33(13-4-6-32(17)9-13)15-7-12(3-5-27-15)14-8-28-11(2)36-14/h3,5,7-8,10,13H,4,6,9H2,1-2H3,(H2,26,34)(H,29,35)/t10-,13+/m1/s1. The molecule has 5 rings (SSSR count). The molecule has 1 saturated heterocycles. The second-order valence-corrected chi connectivity index (χ2v) is 8.57. The summed E-state index contributed by atoms with van der Waals surface area (Å²) in [7, 11) is 0. The Balaban J connectivity index is 1.62. The summed E-state index contributed by atoms with van der Waals surface area (Å²) >= 11 is 0. The van der Waals surface area contributed by atoms with Gasteiger partial charge >= 0.3 is 6.18 Å². The van der Waals surface area contributed by atoms with Crippen LogP contribution in [0.4, 0.5) is 30.5 Å². The van der Waals surface area contributed by atoms with Gasteiger partial charge in [-0.25, -0.2) is 19.9 Å². The average Bonchev–Trinajstić information content (AvgIpc) is 3.45. The molecule has 0 radical (unpaired) electrons. The lowest BCUT2D eigenvalue weighted by Crippen LogP contribution is -2.45. The van der Waals surface area contributed by atoms with Gasteiger partial charge in [0, 0.05) is 31.8 Å². The lowest BCUT2D eigenvalue weighted by Gasteiger charge is -2.37. The van der Waals surface area contributed by atoms with Crippen molar-refractivity contribution in [2.45, 2.75) is 38.5 Å². The first-order chi connectivity index (χ1) is 17.0. The molecule has 0 unspecified atom stereocenters. The fourth-order valence-electron chi connectivity index (χ4n) is 4.34. The normalized spacial score (nSPS) is 17.6. The van der Waals surface area contributed by atoms with Crippen LogP contribution in [0.2, 0.25) is 0 Å². The van der Waals surface area contributed by atoms with Crippen molar-refractivity contribution >= 4 is 29.1 Å². The summed E-state index contributed by atoms with van der Waals surface area (Å²) in [6.45, 7) is 3.59. The van der Waals surface area contributed by atoms with Crippen LogP contribution in [-0.4, -0.2) is 63.1 Å². The van der Waals surface area contributed by atoms with Gasteiger partial charge in [0.2, 0.25) is 5.82 Å². The van der Waals surface area contributed by atoms with Gasteiger partial charge in [0.25, 0.3) is 11.8 Å². The molecule has 11 nitrogen and oxygen atoms in total. The number of hydrogen-bond acceptors (Lipinski definition) is 9. The van der Waals surface area contributed by atoms with Gasteiger partial charge in [-0.2, -0.15) is 13.2 Å². The molecule has 0 aliphatic carbocycles. The zero-order valence-corrected chi connectivity index (χ0v) is 19.2. The smallest absolute Gasteiger partial charge is 0.408 e. The highest BCUT2D eigenvalue weighted by Crippen LogP contribution is 2.44. The molecular weight excluding hydrogens is 481 g/mol. The van der Waals surface area contributed by atoms with Gasteiger partial charge < -0.3 is 25.3 Å². The van der Waals surface area contributed by atoms with E-state index in [0.29, 0.717) is 48.2 Å². The van der Waals surface area contributed by atoms with Gasteiger partial charge in [-0.05, 0) is 25.5 Å². The minimum Gasteiger partial charge on any atom is -0.441 e. The van der Waals surface area contributed by atoms with E-state index in [1.165, 1.54) is 0 Å². The van der Waals surface area contributed by atoms with Crippen LogP contribution in [0.3, 0.4) is 0 Å². The highest BCUT2D eigenvalue weighted by Gasteiger charge is 2.43. The summed E-state index contributed by atoms with van der Waals surface area (Å²) in [5.41, 5.74) is 6.31. The maximum Gasteiger partial charge on any atom is 0.408 e. The molecule has 0 aromatic carbocycles. The molecule has 2 aliphatic rings.